The van der Waals surface area contributed by atoms with Gasteiger partial charge < -0.3 is 18.9 Å². The van der Waals surface area contributed by atoms with Crippen molar-refractivity contribution in [2.45, 2.75) is 36.5 Å². The molecule has 0 aromatic heterocycles. The van der Waals surface area contributed by atoms with Crippen LogP contribution in [0.1, 0.15) is 58.8 Å². The number of hydrogen-bond donors (Lipinski definition) is 0. The van der Waals surface area contributed by atoms with Gasteiger partial charge in [-0.25, -0.2) is 0 Å². The van der Waals surface area contributed by atoms with Crippen molar-refractivity contribution in [1.29, 1.82) is 0 Å². The van der Waals surface area contributed by atoms with Crippen molar-refractivity contribution in [3.8, 4) is 0 Å². The number of carbonyl (C=O) groups is 4. The number of fused-ring (bicyclic) bond motifs is 10. The van der Waals surface area contributed by atoms with Crippen molar-refractivity contribution in [3.05, 3.63) is 34.4 Å². The predicted octanol–water partition coefficient (Wildman–Crippen LogP) is 2.01. The van der Waals surface area contributed by atoms with Crippen molar-refractivity contribution < 1.29 is 38.1 Å². The number of benzene rings is 1. The molecule has 8 nitrogen and oxygen atoms in total. The molecule has 5 rings (SSSR count). The molecule has 0 heterocycles. The number of methoxy groups -OCH3 is 4. The third-order valence-electron chi connectivity index (χ3n) is 8.30. The largest absolute Gasteiger partial charge is 0.469 e. The molecule has 4 bridgehead atoms. The highest BCUT2D eigenvalue weighted by Crippen LogP contribution is 2.65. The first-order valence-corrected chi connectivity index (χ1v) is 10.9. The minimum Gasteiger partial charge on any atom is -0.469 e. The maximum Gasteiger partial charge on any atom is 0.310 e. The Balaban J connectivity index is 1.60. The zero-order chi connectivity index (χ0) is 22.9. The summed E-state index contributed by atoms with van der Waals surface area (Å²) in [7, 11) is 5.33. The van der Waals surface area contributed by atoms with E-state index in [-0.39, 0.29) is 23.7 Å². The average Bonchev–Trinajstić information content (AvgIpc) is 3.57. The van der Waals surface area contributed by atoms with E-state index in [1.165, 1.54) is 28.4 Å². The lowest BCUT2D eigenvalue weighted by Crippen LogP contribution is -2.37. The highest BCUT2D eigenvalue weighted by molar-refractivity contribution is 5.88. The summed E-state index contributed by atoms with van der Waals surface area (Å²) in [4.78, 5) is 50.4. The molecule has 0 amide bonds. The molecule has 0 aliphatic heterocycles. The molecule has 170 valence electrons. The van der Waals surface area contributed by atoms with Crippen molar-refractivity contribution in [1.82, 2.24) is 0 Å². The smallest absolute Gasteiger partial charge is 0.310 e. The SMILES string of the molecule is COC(=O)C1C2CC(c3cc4c(cc32)C2CC4C(C(=O)OC)C2C(=O)OC)C1C(=O)OC. The Morgan fingerprint density at radius 1 is 0.531 bits per heavy atom. The zero-order valence-electron chi connectivity index (χ0n) is 18.5. The van der Waals surface area contributed by atoms with Crippen LogP contribution in [0, 0.1) is 23.7 Å². The number of rotatable bonds is 4. The lowest BCUT2D eigenvalue weighted by atomic mass is 9.70. The maximum absolute atomic E-state index is 12.6. The van der Waals surface area contributed by atoms with Crippen LogP contribution in [0.2, 0.25) is 0 Å². The van der Waals surface area contributed by atoms with Gasteiger partial charge in [0.2, 0.25) is 0 Å². The molecule has 2 saturated carbocycles. The highest BCUT2D eigenvalue weighted by Gasteiger charge is 2.61. The number of ether oxygens (including phenoxy) is 4. The Hall–Kier alpha value is -2.90. The summed E-state index contributed by atoms with van der Waals surface area (Å²) >= 11 is 0. The van der Waals surface area contributed by atoms with E-state index < -0.39 is 47.5 Å². The summed E-state index contributed by atoms with van der Waals surface area (Å²) in [5.41, 5.74) is 4.15. The molecule has 1 aromatic rings. The minimum atomic E-state index is -0.583. The summed E-state index contributed by atoms with van der Waals surface area (Å²) in [6.45, 7) is 0. The second-order valence-electron chi connectivity index (χ2n) is 9.20. The molecule has 4 aliphatic rings. The summed E-state index contributed by atoms with van der Waals surface area (Å²) < 4.78 is 20.1. The Morgan fingerprint density at radius 3 is 0.938 bits per heavy atom. The van der Waals surface area contributed by atoms with Crippen LogP contribution in [0.3, 0.4) is 0 Å². The zero-order valence-corrected chi connectivity index (χ0v) is 18.5. The molecule has 8 atom stereocenters. The van der Waals surface area contributed by atoms with Gasteiger partial charge in [0.1, 0.15) is 0 Å². The van der Waals surface area contributed by atoms with Crippen LogP contribution in [-0.4, -0.2) is 52.3 Å². The fourth-order valence-electron chi connectivity index (χ4n) is 7.16. The first kappa shape index (κ1) is 21.0. The van der Waals surface area contributed by atoms with Gasteiger partial charge in [-0.1, -0.05) is 12.1 Å². The van der Waals surface area contributed by atoms with Crippen molar-refractivity contribution in [2.75, 3.05) is 28.4 Å². The molecule has 0 N–H and O–H groups in total. The summed E-state index contributed by atoms with van der Waals surface area (Å²) in [5, 5.41) is 0. The molecule has 0 radical (unpaired) electrons. The van der Waals surface area contributed by atoms with Gasteiger partial charge in [-0.2, -0.15) is 0 Å². The van der Waals surface area contributed by atoms with Crippen molar-refractivity contribution in [3.63, 3.8) is 0 Å². The molecule has 1 aromatic carbocycles. The molecule has 32 heavy (non-hydrogen) atoms. The lowest BCUT2D eigenvalue weighted by molar-refractivity contribution is -0.157. The maximum atomic E-state index is 12.6. The fraction of sp³-hybridized carbons (Fsp3) is 0.583. The third-order valence-corrected chi connectivity index (χ3v) is 8.30. The van der Waals surface area contributed by atoms with Gasteiger partial charge in [0.25, 0.3) is 0 Å². The standard InChI is InChI=1S/C24H26O8/c1-29-21(25)17-13-7-14(18(17)22(26)30-2)10-6-12-11(5-9(10)13)15-8-16(12)20(24(28)32-4)19(15)23(27)31-3/h5-6,13-20H,7-8H2,1-4H3. The van der Waals surface area contributed by atoms with Crippen LogP contribution in [-0.2, 0) is 38.1 Å². The van der Waals surface area contributed by atoms with Crippen molar-refractivity contribution >= 4 is 23.9 Å². The molecular formula is C24H26O8. The van der Waals surface area contributed by atoms with Crippen LogP contribution in [0.25, 0.3) is 0 Å². The van der Waals surface area contributed by atoms with Gasteiger partial charge in [0.05, 0.1) is 52.1 Å². The molecule has 8 unspecified atom stereocenters. The molecule has 0 saturated heterocycles. The van der Waals surface area contributed by atoms with Crippen LogP contribution >= 0.6 is 0 Å². The van der Waals surface area contributed by atoms with E-state index in [1.807, 2.05) is 0 Å². The van der Waals surface area contributed by atoms with Crippen LogP contribution in [0.5, 0.6) is 0 Å². The Labute approximate surface area is 185 Å². The Bertz CT molecular complexity index is 873. The molecule has 4 aliphatic carbocycles. The van der Waals surface area contributed by atoms with Gasteiger partial charge in [0.15, 0.2) is 0 Å². The number of hydrogen-bond acceptors (Lipinski definition) is 8. The summed E-state index contributed by atoms with van der Waals surface area (Å²) in [5.74, 6) is -4.49. The molecular weight excluding hydrogens is 416 g/mol. The first-order chi connectivity index (χ1) is 15.4. The fourth-order valence-corrected chi connectivity index (χ4v) is 7.16. The molecule has 8 heteroatoms. The van der Waals surface area contributed by atoms with Crippen molar-refractivity contribution in [2.24, 2.45) is 23.7 Å². The van der Waals surface area contributed by atoms with Gasteiger partial charge >= 0.3 is 23.9 Å². The van der Waals surface area contributed by atoms with E-state index in [0.717, 1.165) is 22.3 Å². The van der Waals surface area contributed by atoms with Gasteiger partial charge in [-0.3, -0.25) is 19.2 Å². The van der Waals surface area contributed by atoms with Crippen LogP contribution in [0.15, 0.2) is 12.1 Å². The van der Waals surface area contributed by atoms with E-state index in [0.29, 0.717) is 12.8 Å². The summed E-state index contributed by atoms with van der Waals surface area (Å²) in [6.07, 6.45) is 1.35. The Kier molecular flexibility index (Phi) is 4.80. The number of carbonyl (C=O) groups excluding carboxylic acids is 4. The van der Waals surface area contributed by atoms with Crippen LogP contribution in [0.4, 0.5) is 0 Å². The number of esters is 4. The first-order valence-electron chi connectivity index (χ1n) is 10.9. The van der Waals surface area contributed by atoms with Gasteiger partial charge in [-0.05, 0) is 58.8 Å². The minimum absolute atomic E-state index is 0.135. The Morgan fingerprint density at radius 2 is 0.750 bits per heavy atom. The van der Waals surface area contributed by atoms with E-state index in [1.54, 1.807) is 0 Å². The quantitative estimate of drug-likeness (QED) is 0.515. The normalized spacial score (nSPS) is 35.1. The molecule has 2 fully saturated rings. The van der Waals surface area contributed by atoms with E-state index in [4.69, 9.17) is 18.9 Å². The monoisotopic (exact) mass is 442 g/mol. The van der Waals surface area contributed by atoms with Gasteiger partial charge in [0, 0.05) is 0 Å². The van der Waals surface area contributed by atoms with Gasteiger partial charge in [-0.15, -0.1) is 0 Å². The summed E-state index contributed by atoms with van der Waals surface area (Å²) in [6, 6.07) is 4.18. The lowest BCUT2D eigenvalue weighted by Gasteiger charge is -2.33. The highest BCUT2D eigenvalue weighted by atomic mass is 16.5. The third kappa shape index (κ3) is 2.55. The molecule has 0 spiro atoms. The second-order valence-corrected chi connectivity index (χ2v) is 9.20. The van der Waals surface area contributed by atoms with E-state index in [9.17, 15) is 19.2 Å². The van der Waals surface area contributed by atoms with E-state index >= 15 is 0 Å². The average molecular weight is 442 g/mol. The topological polar surface area (TPSA) is 105 Å². The second kappa shape index (κ2) is 7.32. The predicted molar refractivity (Wildman–Crippen MR) is 109 cm³/mol. The van der Waals surface area contributed by atoms with Crippen LogP contribution < -0.4 is 0 Å². The van der Waals surface area contributed by atoms with E-state index in [2.05, 4.69) is 12.1 Å².